The van der Waals surface area contributed by atoms with E-state index in [4.69, 9.17) is 4.42 Å². The lowest BCUT2D eigenvalue weighted by atomic mass is 9.86. The van der Waals surface area contributed by atoms with Gasteiger partial charge in [0.15, 0.2) is 0 Å². The molecule has 0 saturated carbocycles. The maximum atomic E-state index is 5.78. The van der Waals surface area contributed by atoms with Crippen LogP contribution in [0.1, 0.15) is 46.9 Å². The Labute approximate surface area is 115 Å². The molecule has 0 spiro atoms. The fourth-order valence-electron chi connectivity index (χ4n) is 2.69. The molecule has 1 fully saturated rings. The summed E-state index contributed by atoms with van der Waals surface area (Å²) < 4.78 is 5.78. The predicted octanol–water partition coefficient (Wildman–Crippen LogP) is 2.44. The summed E-state index contributed by atoms with van der Waals surface area (Å²) in [7, 11) is 0. The molecular weight excluding hydrogens is 240 g/mol. The largest absolute Gasteiger partial charge is 0.407 e. The fraction of sp³-hybridized carbons (Fsp3) is 0.857. The van der Waals surface area contributed by atoms with Crippen molar-refractivity contribution < 1.29 is 4.42 Å². The van der Waals surface area contributed by atoms with Crippen molar-refractivity contribution in [3.05, 3.63) is 5.89 Å². The lowest BCUT2D eigenvalue weighted by Gasteiger charge is -2.39. The molecule has 108 valence electrons. The molecule has 0 aromatic carbocycles. The first-order valence-corrected chi connectivity index (χ1v) is 7.29. The van der Waals surface area contributed by atoms with E-state index in [2.05, 4.69) is 55.0 Å². The minimum Gasteiger partial charge on any atom is -0.407 e. The maximum Gasteiger partial charge on any atom is 0.318 e. The van der Waals surface area contributed by atoms with E-state index < -0.39 is 0 Å². The summed E-state index contributed by atoms with van der Waals surface area (Å²) in [6.07, 6.45) is 1.27. The zero-order valence-electron chi connectivity index (χ0n) is 12.7. The maximum absolute atomic E-state index is 5.78. The number of anilines is 1. The summed E-state index contributed by atoms with van der Waals surface area (Å²) in [5.74, 6) is 2.00. The van der Waals surface area contributed by atoms with Crippen LogP contribution in [-0.4, -0.2) is 28.8 Å². The monoisotopic (exact) mass is 266 g/mol. The number of nitrogens with one attached hydrogen (secondary N) is 1. The molecule has 2 heterocycles. The Balaban J connectivity index is 2.04. The first kappa shape index (κ1) is 14.3. The molecule has 1 aromatic heterocycles. The van der Waals surface area contributed by atoms with Gasteiger partial charge in [-0.25, -0.2) is 0 Å². The smallest absolute Gasteiger partial charge is 0.318 e. The Morgan fingerprint density at radius 1 is 1.32 bits per heavy atom. The van der Waals surface area contributed by atoms with E-state index >= 15 is 0 Å². The summed E-state index contributed by atoms with van der Waals surface area (Å²) in [6, 6.07) is 1.55. The standard InChI is InChI=1S/C14H26N4O/c1-9(2)15-7-13-16-17-14(19-13)18-8-10(3)6-11(4)12(18)5/h9-12,15H,6-8H2,1-5H3. The van der Waals surface area contributed by atoms with Gasteiger partial charge in [-0.05, 0) is 25.2 Å². The highest BCUT2D eigenvalue weighted by Crippen LogP contribution is 2.30. The number of hydrogen-bond acceptors (Lipinski definition) is 5. The number of rotatable bonds is 4. The highest BCUT2D eigenvalue weighted by Gasteiger charge is 2.31. The Bertz CT molecular complexity index is 404. The molecule has 1 aromatic rings. The quantitative estimate of drug-likeness (QED) is 0.907. The molecule has 0 amide bonds. The molecule has 2 rings (SSSR count). The third kappa shape index (κ3) is 3.47. The average Bonchev–Trinajstić information content (AvgIpc) is 2.79. The van der Waals surface area contributed by atoms with E-state index in [1.807, 2.05) is 0 Å². The number of piperidine rings is 1. The summed E-state index contributed by atoms with van der Waals surface area (Å²) >= 11 is 0. The van der Waals surface area contributed by atoms with Gasteiger partial charge in [0.05, 0.1) is 6.54 Å². The third-order valence-corrected chi connectivity index (χ3v) is 3.96. The van der Waals surface area contributed by atoms with Gasteiger partial charge >= 0.3 is 6.01 Å². The second-order valence-electron chi connectivity index (χ2n) is 6.23. The van der Waals surface area contributed by atoms with Crippen molar-refractivity contribution in [3.63, 3.8) is 0 Å². The zero-order chi connectivity index (χ0) is 14.0. The summed E-state index contributed by atoms with van der Waals surface area (Å²) in [6.45, 7) is 12.7. The highest BCUT2D eigenvalue weighted by atomic mass is 16.4. The molecule has 3 unspecified atom stereocenters. The molecular formula is C14H26N4O. The second kappa shape index (κ2) is 5.90. The molecule has 0 radical (unpaired) electrons. The summed E-state index contributed by atoms with van der Waals surface area (Å²) in [5.41, 5.74) is 0. The van der Waals surface area contributed by atoms with Crippen LogP contribution in [0.4, 0.5) is 6.01 Å². The molecule has 5 nitrogen and oxygen atoms in total. The van der Waals surface area contributed by atoms with Gasteiger partial charge in [-0.3, -0.25) is 0 Å². The first-order valence-electron chi connectivity index (χ1n) is 7.29. The Morgan fingerprint density at radius 2 is 2.05 bits per heavy atom. The van der Waals surface area contributed by atoms with Crippen LogP contribution in [0, 0.1) is 11.8 Å². The van der Waals surface area contributed by atoms with Gasteiger partial charge in [0.25, 0.3) is 0 Å². The van der Waals surface area contributed by atoms with Crippen LogP contribution in [0.5, 0.6) is 0 Å². The van der Waals surface area contributed by atoms with Crippen LogP contribution in [-0.2, 0) is 6.54 Å². The molecule has 3 atom stereocenters. The van der Waals surface area contributed by atoms with Crippen LogP contribution >= 0.6 is 0 Å². The SMILES string of the molecule is CC1CC(C)C(C)N(c2nnc(CNC(C)C)o2)C1. The van der Waals surface area contributed by atoms with Gasteiger partial charge < -0.3 is 14.6 Å². The van der Waals surface area contributed by atoms with Crippen molar-refractivity contribution in [1.82, 2.24) is 15.5 Å². The minimum atomic E-state index is 0.421. The molecule has 1 aliphatic rings. The van der Waals surface area contributed by atoms with Crippen LogP contribution in [0.25, 0.3) is 0 Å². The van der Waals surface area contributed by atoms with Crippen molar-refractivity contribution in [2.24, 2.45) is 11.8 Å². The van der Waals surface area contributed by atoms with E-state index in [9.17, 15) is 0 Å². The van der Waals surface area contributed by atoms with Crippen molar-refractivity contribution >= 4 is 6.01 Å². The van der Waals surface area contributed by atoms with Gasteiger partial charge in [-0.15, -0.1) is 5.10 Å². The molecule has 0 bridgehead atoms. The molecule has 1 N–H and O–H groups in total. The van der Waals surface area contributed by atoms with Gasteiger partial charge in [0.1, 0.15) is 0 Å². The fourth-order valence-corrected chi connectivity index (χ4v) is 2.69. The van der Waals surface area contributed by atoms with Crippen molar-refractivity contribution in [2.45, 2.75) is 59.7 Å². The van der Waals surface area contributed by atoms with E-state index in [1.165, 1.54) is 6.42 Å². The first-order chi connectivity index (χ1) is 8.97. The lowest BCUT2D eigenvalue weighted by Crippen LogP contribution is -2.46. The van der Waals surface area contributed by atoms with E-state index in [0.29, 0.717) is 42.4 Å². The number of aromatic nitrogens is 2. The molecule has 0 aliphatic carbocycles. The van der Waals surface area contributed by atoms with Crippen molar-refractivity contribution in [3.8, 4) is 0 Å². The Hall–Kier alpha value is -1.10. The molecule has 1 aliphatic heterocycles. The average molecular weight is 266 g/mol. The number of hydrogen-bond donors (Lipinski definition) is 1. The normalized spacial score (nSPS) is 28.1. The Morgan fingerprint density at radius 3 is 2.74 bits per heavy atom. The zero-order valence-corrected chi connectivity index (χ0v) is 12.7. The van der Waals surface area contributed by atoms with E-state index in [1.54, 1.807) is 0 Å². The summed E-state index contributed by atoms with van der Waals surface area (Å²) in [4.78, 5) is 2.25. The topological polar surface area (TPSA) is 54.2 Å². The third-order valence-electron chi connectivity index (χ3n) is 3.96. The van der Waals surface area contributed by atoms with Gasteiger partial charge in [-0.2, -0.15) is 0 Å². The molecule has 19 heavy (non-hydrogen) atoms. The lowest BCUT2D eigenvalue weighted by molar-refractivity contribution is 0.281. The van der Waals surface area contributed by atoms with Crippen LogP contribution < -0.4 is 10.2 Å². The summed E-state index contributed by atoms with van der Waals surface area (Å²) in [5, 5.41) is 11.6. The molecule has 1 saturated heterocycles. The van der Waals surface area contributed by atoms with Gasteiger partial charge in [0, 0.05) is 18.6 Å². The van der Waals surface area contributed by atoms with Gasteiger partial charge in [0.2, 0.25) is 5.89 Å². The Kier molecular flexibility index (Phi) is 4.45. The predicted molar refractivity (Wildman–Crippen MR) is 76.0 cm³/mol. The van der Waals surface area contributed by atoms with Crippen LogP contribution in [0.2, 0.25) is 0 Å². The highest BCUT2D eigenvalue weighted by molar-refractivity contribution is 5.28. The molecule has 5 heteroatoms. The number of nitrogens with zero attached hydrogens (tertiary/aromatic N) is 3. The van der Waals surface area contributed by atoms with E-state index in [0.717, 1.165) is 6.54 Å². The minimum absolute atomic E-state index is 0.421. The van der Waals surface area contributed by atoms with Crippen molar-refractivity contribution in [1.29, 1.82) is 0 Å². The van der Waals surface area contributed by atoms with Crippen molar-refractivity contribution in [2.75, 3.05) is 11.4 Å². The van der Waals surface area contributed by atoms with Crippen LogP contribution in [0.3, 0.4) is 0 Å². The van der Waals surface area contributed by atoms with Gasteiger partial charge in [-0.1, -0.05) is 32.8 Å². The second-order valence-corrected chi connectivity index (χ2v) is 6.23. The van der Waals surface area contributed by atoms with E-state index in [-0.39, 0.29) is 0 Å². The van der Waals surface area contributed by atoms with Crippen LogP contribution in [0.15, 0.2) is 4.42 Å².